The molecule has 0 aliphatic carbocycles. The molecule has 1 aromatic heterocycles. The Morgan fingerprint density at radius 3 is 2.18 bits per heavy atom. The Bertz CT molecular complexity index is 334. The second-order valence-electron chi connectivity index (χ2n) is 4.65. The third-order valence-electron chi connectivity index (χ3n) is 3.69. The molecule has 0 bridgehead atoms. The maximum Gasteiger partial charge on any atom is 0.150 e. The molecule has 0 N–H and O–H groups in total. The van der Waals surface area contributed by atoms with Crippen LogP contribution >= 0.6 is 15.9 Å². The minimum atomic E-state index is 0.308. The molecule has 0 fully saturated rings. The quantitative estimate of drug-likeness (QED) is 0.720. The molecular weight excluding hydrogens is 278 g/mol. The third-order valence-corrected chi connectivity index (χ3v) is 4.88. The number of halogens is 1. The molecule has 17 heavy (non-hydrogen) atoms. The summed E-state index contributed by atoms with van der Waals surface area (Å²) in [7, 11) is 0. The van der Waals surface area contributed by atoms with Crippen LogP contribution in [0.3, 0.4) is 0 Å². The van der Waals surface area contributed by atoms with E-state index in [1.165, 1.54) is 12.8 Å². The van der Waals surface area contributed by atoms with Crippen molar-refractivity contribution in [2.45, 2.75) is 59.9 Å². The monoisotopic (exact) mass is 301 g/mol. The predicted molar refractivity (Wildman–Crippen MR) is 75.6 cm³/mol. The lowest BCUT2D eigenvalue weighted by atomic mass is 9.84. The van der Waals surface area contributed by atoms with Crippen LogP contribution in [0, 0.1) is 5.41 Å². The van der Waals surface area contributed by atoms with Crippen molar-refractivity contribution in [1.29, 1.82) is 0 Å². The Morgan fingerprint density at radius 1 is 1.12 bits per heavy atom. The fourth-order valence-electron chi connectivity index (χ4n) is 1.99. The Kier molecular flexibility index (Phi) is 5.63. The number of aromatic nitrogens is 3. The van der Waals surface area contributed by atoms with Crippen LogP contribution in [0.25, 0.3) is 0 Å². The number of aryl methyl sites for hydroxylation is 2. The molecule has 0 saturated carbocycles. The van der Waals surface area contributed by atoms with Crippen molar-refractivity contribution in [3.63, 3.8) is 0 Å². The molecule has 1 rings (SSSR count). The maximum atomic E-state index is 4.61. The smallest absolute Gasteiger partial charge is 0.150 e. The summed E-state index contributed by atoms with van der Waals surface area (Å²) in [5.41, 5.74) is 0.308. The summed E-state index contributed by atoms with van der Waals surface area (Å²) in [5, 5.41) is 5.64. The second kappa shape index (κ2) is 6.53. The lowest BCUT2D eigenvalue weighted by Crippen LogP contribution is -2.28. The van der Waals surface area contributed by atoms with Crippen LogP contribution in [0.5, 0.6) is 0 Å². The third kappa shape index (κ3) is 3.30. The van der Waals surface area contributed by atoms with Gasteiger partial charge in [-0.25, -0.2) is 9.67 Å². The average molecular weight is 302 g/mol. The zero-order valence-electron chi connectivity index (χ0n) is 11.5. The van der Waals surface area contributed by atoms with Crippen LogP contribution in [-0.2, 0) is 19.4 Å². The largest absolute Gasteiger partial charge is 0.249 e. The normalized spacial score (nSPS) is 12.1. The van der Waals surface area contributed by atoms with Crippen molar-refractivity contribution in [3.8, 4) is 0 Å². The van der Waals surface area contributed by atoms with Gasteiger partial charge in [0.15, 0.2) is 5.82 Å². The summed E-state index contributed by atoms with van der Waals surface area (Å²) in [6.07, 6.45) is 4.21. The standard InChI is InChI=1S/C13H24BrN3/c1-5-11-15-12(6-2)17(16-11)10-13(7-3,8-4)9-14/h5-10H2,1-4H3. The van der Waals surface area contributed by atoms with Crippen molar-refractivity contribution in [2.75, 3.05) is 5.33 Å². The molecule has 0 atom stereocenters. The highest BCUT2D eigenvalue weighted by Crippen LogP contribution is 2.31. The fourth-order valence-corrected chi connectivity index (χ4v) is 2.96. The minimum absolute atomic E-state index is 0.308. The number of nitrogens with zero attached hydrogens (tertiary/aromatic N) is 3. The van der Waals surface area contributed by atoms with Crippen LogP contribution < -0.4 is 0 Å². The van der Waals surface area contributed by atoms with E-state index in [2.05, 4.69) is 58.4 Å². The molecule has 4 heteroatoms. The van der Waals surface area contributed by atoms with Crippen LogP contribution in [-0.4, -0.2) is 20.1 Å². The van der Waals surface area contributed by atoms with Gasteiger partial charge in [0, 0.05) is 24.7 Å². The second-order valence-corrected chi connectivity index (χ2v) is 5.21. The zero-order chi connectivity index (χ0) is 12.9. The molecule has 0 saturated heterocycles. The highest BCUT2D eigenvalue weighted by atomic mass is 79.9. The van der Waals surface area contributed by atoms with Gasteiger partial charge in [-0.3, -0.25) is 0 Å². The van der Waals surface area contributed by atoms with E-state index in [1.54, 1.807) is 0 Å². The van der Waals surface area contributed by atoms with Crippen molar-refractivity contribution >= 4 is 15.9 Å². The molecule has 0 aliphatic rings. The SMILES string of the molecule is CCc1nc(CC)n(CC(CC)(CC)CBr)n1. The Morgan fingerprint density at radius 2 is 1.76 bits per heavy atom. The predicted octanol–water partition coefficient (Wildman–Crippen LogP) is 3.60. The summed E-state index contributed by atoms with van der Waals surface area (Å²) in [5.74, 6) is 2.09. The van der Waals surface area contributed by atoms with E-state index in [4.69, 9.17) is 0 Å². The van der Waals surface area contributed by atoms with Crippen LogP contribution in [0.15, 0.2) is 0 Å². The molecule has 0 unspecified atom stereocenters. The first-order valence-electron chi connectivity index (χ1n) is 6.63. The number of hydrogen-bond acceptors (Lipinski definition) is 2. The van der Waals surface area contributed by atoms with E-state index < -0.39 is 0 Å². The van der Waals surface area contributed by atoms with Crippen molar-refractivity contribution in [3.05, 3.63) is 11.6 Å². The van der Waals surface area contributed by atoms with Crippen LogP contribution in [0.1, 0.15) is 52.2 Å². The van der Waals surface area contributed by atoms with Crippen molar-refractivity contribution in [2.24, 2.45) is 5.41 Å². The number of rotatable bonds is 7. The maximum absolute atomic E-state index is 4.61. The van der Waals surface area contributed by atoms with Gasteiger partial charge < -0.3 is 0 Å². The Labute approximate surface area is 113 Å². The number of alkyl halides is 1. The molecule has 1 aromatic rings. The minimum Gasteiger partial charge on any atom is -0.249 e. The van der Waals surface area contributed by atoms with Gasteiger partial charge in [0.1, 0.15) is 5.82 Å². The molecule has 0 spiro atoms. The highest BCUT2D eigenvalue weighted by Gasteiger charge is 2.27. The molecule has 0 aromatic carbocycles. The molecule has 1 heterocycles. The summed E-state index contributed by atoms with van der Waals surface area (Å²) in [6, 6.07) is 0. The highest BCUT2D eigenvalue weighted by molar-refractivity contribution is 9.09. The van der Waals surface area contributed by atoms with Gasteiger partial charge in [-0.1, -0.05) is 43.6 Å². The molecule has 0 amide bonds. The van der Waals surface area contributed by atoms with Gasteiger partial charge >= 0.3 is 0 Å². The lowest BCUT2D eigenvalue weighted by molar-refractivity contribution is 0.243. The van der Waals surface area contributed by atoms with Gasteiger partial charge in [-0.2, -0.15) is 5.10 Å². The molecular formula is C13H24BrN3. The van der Waals surface area contributed by atoms with E-state index in [0.717, 1.165) is 36.4 Å². The molecule has 3 nitrogen and oxygen atoms in total. The first-order chi connectivity index (χ1) is 8.14. The van der Waals surface area contributed by atoms with Crippen molar-refractivity contribution < 1.29 is 0 Å². The van der Waals surface area contributed by atoms with E-state index in [1.807, 2.05) is 0 Å². The Balaban J connectivity index is 2.95. The first-order valence-corrected chi connectivity index (χ1v) is 7.75. The summed E-state index contributed by atoms with van der Waals surface area (Å²) in [6.45, 7) is 9.74. The Hall–Kier alpha value is -0.380. The van der Waals surface area contributed by atoms with E-state index in [9.17, 15) is 0 Å². The molecule has 0 aliphatic heterocycles. The molecule has 98 valence electrons. The first kappa shape index (κ1) is 14.7. The van der Waals surface area contributed by atoms with E-state index in [-0.39, 0.29) is 0 Å². The van der Waals surface area contributed by atoms with E-state index >= 15 is 0 Å². The topological polar surface area (TPSA) is 30.7 Å². The zero-order valence-corrected chi connectivity index (χ0v) is 13.0. The van der Waals surface area contributed by atoms with Gasteiger partial charge in [-0.05, 0) is 18.3 Å². The lowest BCUT2D eigenvalue weighted by Gasteiger charge is -2.29. The fraction of sp³-hybridized carbons (Fsp3) is 0.846. The summed E-state index contributed by atoms with van der Waals surface area (Å²) < 4.78 is 2.12. The number of hydrogen-bond donors (Lipinski definition) is 0. The van der Waals surface area contributed by atoms with Crippen molar-refractivity contribution in [1.82, 2.24) is 14.8 Å². The summed E-state index contributed by atoms with van der Waals surface area (Å²) in [4.78, 5) is 4.57. The van der Waals surface area contributed by atoms with Crippen LogP contribution in [0.2, 0.25) is 0 Å². The van der Waals surface area contributed by atoms with Gasteiger partial charge in [-0.15, -0.1) is 0 Å². The van der Waals surface area contributed by atoms with Gasteiger partial charge in [0.05, 0.1) is 0 Å². The van der Waals surface area contributed by atoms with Gasteiger partial charge in [0.2, 0.25) is 0 Å². The summed E-state index contributed by atoms with van der Waals surface area (Å²) >= 11 is 3.66. The van der Waals surface area contributed by atoms with Crippen LogP contribution in [0.4, 0.5) is 0 Å². The van der Waals surface area contributed by atoms with Gasteiger partial charge in [0.25, 0.3) is 0 Å². The van der Waals surface area contributed by atoms with E-state index in [0.29, 0.717) is 5.41 Å². The molecule has 0 radical (unpaired) electrons. The average Bonchev–Trinajstić information content (AvgIpc) is 2.78.